The first-order valence-corrected chi connectivity index (χ1v) is 8.28. The van der Waals surface area contributed by atoms with Gasteiger partial charge in [-0.3, -0.25) is 4.79 Å². The predicted octanol–water partition coefficient (Wildman–Crippen LogP) is 1.28. The molecule has 1 saturated carbocycles. The van der Waals surface area contributed by atoms with Crippen LogP contribution in [0.1, 0.15) is 47.6 Å². The molecule has 1 heterocycles. The molecule has 1 fully saturated rings. The van der Waals surface area contributed by atoms with Crippen LogP contribution in [0.25, 0.3) is 0 Å². The standard InChI is InChI=1S/C14H24N4OS/c15-7-6-13-17-12(9-20-13)14(19)18-11(8-16)10-4-2-1-3-5-10/h9-11H,1-8,15-16H2,(H,18,19). The Balaban J connectivity index is 1.93. The number of amides is 1. The van der Waals surface area contributed by atoms with Gasteiger partial charge >= 0.3 is 0 Å². The molecule has 1 aliphatic carbocycles. The number of rotatable bonds is 6. The van der Waals surface area contributed by atoms with Crippen molar-refractivity contribution >= 4 is 17.2 Å². The number of nitrogens with two attached hydrogens (primary N) is 2. The highest BCUT2D eigenvalue weighted by molar-refractivity contribution is 7.09. The Morgan fingerprint density at radius 2 is 2.15 bits per heavy atom. The number of hydrogen-bond donors (Lipinski definition) is 3. The summed E-state index contributed by atoms with van der Waals surface area (Å²) in [5, 5.41) is 5.77. The molecule has 0 spiro atoms. The third-order valence-corrected chi connectivity index (χ3v) is 4.84. The van der Waals surface area contributed by atoms with Gasteiger partial charge in [0.2, 0.25) is 0 Å². The zero-order valence-corrected chi connectivity index (χ0v) is 12.6. The minimum atomic E-state index is -0.106. The quantitative estimate of drug-likeness (QED) is 0.737. The van der Waals surface area contributed by atoms with Crippen molar-refractivity contribution in [3.63, 3.8) is 0 Å². The molecule has 0 saturated heterocycles. The average molecular weight is 296 g/mol. The van der Waals surface area contributed by atoms with Gasteiger partial charge in [-0.1, -0.05) is 19.3 Å². The van der Waals surface area contributed by atoms with Crippen molar-refractivity contribution in [1.82, 2.24) is 10.3 Å². The molecule has 0 radical (unpaired) electrons. The maximum atomic E-state index is 12.2. The number of nitrogens with one attached hydrogen (secondary N) is 1. The van der Waals surface area contributed by atoms with Gasteiger partial charge in [-0.15, -0.1) is 11.3 Å². The molecule has 5 N–H and O–H groups in total. The minimum absolute atomic E-state index is 0.0717. The van der Waals surface area contributed by atoms with Crippen molar-refractivity contribution in [2.45, 2.75) is 44.6 Å². The topological polar surface area (TPSA) is 94.0 Å². The predicted molar refractivity (Wildman–Crippen MR) is 81.8 cm³/mol. The van der Waals surface area contributed by atoms with Crippen molar-refractivity contribution in [2.75, 3.05) is 13.1 Å². The monoisotopic (exact) mass is 296 g/mol. The molecule has 1 unspecified atom stereocenters. The summed E-state index contributed by atoms with van der Waals surface area (Å²) in [5.41, 5.74) is 11.8. The van der Waals surface area contributed by atoms with Crippen molar-refractivity contribution in [1.29, 1.82) is 0 Å². The first kappa shape index (κ1) is 15.4. The maximum Gasteiger partial charge on any atom is 0.271 e. The van der Waals surface area contributed by atoms with Crippen LogP contribution in [0.2, 0.25) is 0 Å². The van der Waals surface area contributed by atoms with E-state index in [2.05, 4.69) is 10.3 Å². The SMILES string of the molecule is NCCc1nc(C(=O)NC(CN)C2CCCCC2)cs1. The van der Waals surface area contributed by atoms with Gasteiger partial charge in [-0.25, -0.2) is 4.98 Å². The number of nitrogens with zero attached hydrogens (tertiary/aromatic N) is 1. The van der Waals surface area contributed by atoms with Gasteiger partial charge in [0.15, 0.2) is 0 Å². The molecule has 1 aromatic rings. The molecule has 1 aliphatic rings. The Labute approximate surface area is 124 Å². The second-order valence-electron chi connectivity index (χ2n) is 5.38. The molecule has 0 aliphatic heterocycles. The molecule has 112 valence electrons. The summed E-state index contributed by atoms with van der Waals surface area (Å²) in [7, 11) is 0. The van der Waals surface area contributed by atoms with Gasteiger partial charge in [-0.05, 0) is 25.3 Å². The fourth-order valence-corrected chi connectivity index (χ4v) is 3.60. The highest BCUT2D eigenvalue weighted by atomic mass is 32.1. The van der Waals surface area contributed by atoms with E-state index in [0.717, 1.165) is 24.3 Å². The van der Waals surface area contributed by atoms with Gasteiger partial charge in [0.25, 0.3) is 5.91 Å². The lowest BCUT2D eigenvalue weighted by atomic mass is 9.84. The summed E-state index contributed by atoms with van der Waals surface area (Å²) in [6.07, 6.45) is 6.84. The van der Waals surface area contributed by atoms with Gasteiger partial charge < -0.3 is 16.8 Å². The molecular weight excluding hydrogens is 272 g/mol. The van der Waals surface area contributed by atoms with E-state index in [1.54, 1.807) is 5.38 Å². The number of aromatic nitrogens is 1. The molecule has 20 heavy (non-hydrogen) atoms. The summed E-state index contributed by atoms with van der Waals surface area (Å²) < 4.78 is 0. The number of hydrogen-bond acceptors (Lipinski definition) is 5. The van der Waals surface area contributed by atoms with Gasteiger partial charge in [-0.2, -0.15) is 0 Å². The largest absolute Gasteiger partial charge is 0.346 e. The summed E-state index contributed by atoms with van der Waals surface area (Å²) >= 11 is 1.49. The van der Waals surface area contributed by atoms with Crippen LogP contribution in [0.5, 0.6) is 0 Å². The fraction of sp³-hybridized carbons (Fsp3) is 0.714. The van der Waals surface area contributed by atoms with E-state index in [0.29, 0.717) is 24.7 Å². The Morgan fingerprint density at radius 3 is 2.80 bits per heavy atom. The zero-order valence-electron chi connectivity index (χ0n) is 11.8. The maximum absolute atomic E-state index is 12.2. The third-order valence-electron chi connectivity index (χ3n) is 3.93. The van der Waals surface area contributed by atoms with Crippen LogP contribution in [0.15, 0.2) is 5.38 Å². The smallest absolute Gasteiger partial charge is 0.271 e. The minimum Gasteiger partial charge on any atom is -0.346 e. The van der Waals surface area contributed by atoms with Crippen LogP contribution >= 0.6 is 11.3 Å². The van der Waals surface area contributed by atoms with Crippen LogP contribution in [-0.4, -0.2) is 30.0 Å². The lowest BCUT2D eigenvalue weighted by Crippen LogP contribution is -2.46. The lowest BCUT2D eigenvalue weighted by molar-refractivity contribution is 0.0911. The van der Waals surface area contributed by atoms with Crippen LogP contribution in [0.3, 0.4) is 0 Å². The molecule has 0 aromatic carbocycles. The Morgan fingerprint density at radius 1 is 1.40 bits per heavy atom. The number of carbonyl (C=O) groups excluding carboxylic acids is 1. The number of carbonyl (C=O) groups is 1. The molecule has 5 nitrogen and oxygen atoms in total. The summed E-state index contributed by atoms with van der Waals surface area (Å²) in [6.45, 7) is 1.05. The van der Waals surface area contributed by atoms with E-state index < -0.39 is 0 Å². The van der Waals surface area contributed by atoms with Crippen LogP contribution in [-0.2, 0) is 6.42 Å². The normalized spacial score (nSPS) is 17.9. The lowest BCUT2D eigenvalue weighted by Gasteiger charge is -2.29. The summed E-state index contributed by atoms with van der Waals surface area (Å²) in [4.78, 5) is 16.5. The Bertz CT molecular complexity index is 429. The third kappa shape index (κ3) is 4.01. The number of thiazole rings is 1. The van der Waals surface area contributed by atoms with Crippen molar-refractivity contribution in [3.8, 4) is 0 Å². The summed E-state index contributed by atoms with van der Waals surface area (Å²) in [6, 6.07) is 0.0717. The molecule has 1 aromatic heterocycles. The Hall–Kier alpha value is -0.980. The van der Waals surface area contributed by atoms with E-state index in [1.165, 1.54) is 30.6 Å². The molecule has 0 bridgehead atoms. The van der Waals surface area contributed by atoms with E-state index in [1.807, 2.05) is 0 Å². The Kier molecular flexibility index (Phi) is 5.94. The highest BCUT2D eigenvalue weighted by Gasteiger charge is 2.25. The molecule has 2 rings (SSSR count). The zero-order chi connectivity index (χ0) is 14.4. The molecule has 1 amide bonds. The van der Waals surface area contributed by atoms with Crippen LogP contribution in [0, 0.1) is 5.92 Å². The van der Waals surface area contributed by atoms with Gasteiger partial charge in [0, 0.05) is 24.4 Å². The molecule has 1 atom stereocenters. The molecular formula is C14H24N4OS. The average Bonchev–Trinajstić information content (AvgIpc) is 2.94. The van der Waals surface area contributed by atoms with Gasteiger partial charge in [0.1, 0.15) is 5.69 Å². The van der Waals surface area contributed by atoms with Crippen LogP contribution < -0.4 is 16.8 Å². The van der Waals surface area contributed by atoms with Crippen molar-refractivity contribution in [2.24, 2.45) is 17.4 Å². The van der Waals surface area contributed by atoms with E-state index in [-0.39, 0.29) is 11.9 Å². The van der Waals surface area contributed by atoms with E-state index in [9.17, 15) is 4.79 Å². The van der Waals surface area contributed by atoms with Gasteiger partial charge in [0.05, 0.1) is 5.01 Å². The van der Waals surface area contributed by atoms with E-state index in [4.69, 9.17) is 11.5 Å². The van der Waals surface area contributed by atoms with E-state index >= 15 is 0 Å². The van der Waals surface area contributed by atoms with Crippen LogP contribution in [0.4, 0.5) is 0 Å². The first-order chi connectivity index (χ1) is 9.74. The van der Waals surface area contributed by atoms with Crippen molar-refractivity contribution < 1.29 is 4.79 Å². The first-order valence-electron chi connectivity index (χ1n) is 7.40. The molecule has 6 heteroatoms. The second kappa shape index (κ2) is 7.71. The van der Waals surface area contributed by atoms with Crippen molar-refractivity contribution in [3.05, 3.63) is 16.1 Å². The fourth-order valence-electron chi connectivity index (χ4n) is 2.80. The highest BCUT2D eigenvalue weighted by Crippen LogP contribution is 2.26. The second-order valence-corrected chi connectivity index (χ2v) is 6.32. The summed E-state index contributed by atoms with van der Waals surface area (Å²) in [5.74, 6) is 0.408.